The molecule has 2 rings (SSSR count). The lowest BCUT2D eigenvalue weighted by Gasteiger charge is -2.29. The lowest BCUT2D eigenvalue weighted by molar-refractivity contribution is 0.0696. The van der Waals surface area contributed by atoms with E-state index in [1.165, 1.54) is 5.56 Å². The van der Waals surface area contributed by atoms with Gasteiger partial charge in [0.05, 0.1) is 5.56 Å². The van der Waals surface area contributed by atoms with Gasteiger partial charge in [-0.25, -0.2) is 4.79 Å². The minimum atomic E-state index is -0.860. The van der Waals surface area contributed by atoms with E-state index in [0.29, 0.717) is 11.6 Å². The monoisotopic (exact) mass is 191 g/mol. The Morgan fingerprint density at radius 1 is 1.57 bits per heavy atom. The zero-order valence-corrected chi connectivity index (χ0v) is 8.08. The molecule has 0 spiro atoms. The third-order valence-corrected chi connectivity index (χ3v) is 2.72. The number of carboxylic acids is 1. The fourth-order valence-electron chi connectivity index (χ4n) is 1.75. The van der Waals surface area contributed by atoms with Crippen LogP contribution in [0.25, 0.3) is 0 Å². The van der Waals surface area contributed by atoms with E-state index in [2.05, 4.69) is 5.32 Å². The molecule has 0 unspecified atom stereocenters. The highest BCUT2D eigenvalue weighted by Crippen LogP contribution is 2.26. The molecule has 0 amide bonds. The number of aromatic carboxylic acids is 1. The molecule has 1 aromatic carbocycles. The van der Waals surface area contributed by atoms with Crippen LogP contribution in [0.5, 0.6) is 0 Å². The molecule has 1 heterocycles. The SMILES string of the molecule is Cc1cc(C(=O)O)ccc1[C@H]1CCN1. The maximum absolute atomic E-state index is 10.7. The van der Waals surface area contributed by atoms with E-state index < -0.39 is 5.97 Å². The van der Waals surface area contributed by atoms with Crippen molar-refractivity contribution in [3.63, 3.8) is 0 Å². The van der Waals surface area contributed by atoms with E-state index in [1.54, 1.807) is 12.1 Å². The lowest BCUT2D eigenvalue weighted by atomic mass is 9.93. The van der Waals surface area contributed by atoms with Crippen LogP contribution in [0.3, 0.4) is 0 Å². The van der Waals surface area contributed by atoms with Gasteiger partial charge in [-0.2, -0.15) is 0 Å². The first-order chi connectivity index (χ1) is 6.68. The quantitative estimate of drug-likeness (QED) is 0.748. The number of aryl methyl sites for hydroxylation is 1. The van der Waals surface area contributed by atoms with Gasteiger partial charge < -0.3 is 10.4 Å². The number of benzene rings is 1. The van der Waals surface area contributed by atoms with Gasteiger partial charge in [0, 0.05) is 6.04 Å². The van der Waals surface area contributed by atoms with Crippen LogP contribution in [0.1, 0.15) is 33.9 Å². The van der Waals surface area contributed by atoms with Crippen molar-refractivity contribution in [3.8, 4) is 0 Å². The normalized spacial score (nSPS) is 20.2. The summed E-state index contributed by atoms with van der Waals surface area (Å²) in [5.74, 6) is -0.860. The van der Waals surface area contributed by atoms with E-state index >= 15 is 0 Å². The fraction of sp³-hybridized carbons (Fsp3) is 0.364. The van der Waals surface area contributed by atoms with Crippen molar-refractivity contribution in [2.24, 2.45) is 0 Å². The van der Waals surface area contributed by atoms with Crippen LogP contribution in [0.4, 0.5) is 0 Å². The molecule has 1 aromatic rings. The van der Waals surface area contributed by atoms with Crippen molar-refractivity contribution in [2.75, 3.05) is 6.54 Å². The minimum Gasteiger partial charge on any atom is -0.478 e. The zero-order chi connectivity index (χ0) is 10.1. The van der Waals surface area contributed by atoms with Gasteiger partial charge in [0.2, 0.25) is 0 Å². The molecule has 1 aliphatic rings. The molecule has 0 aromatic heterocycles. The first-order valence-corrected chi connectivity index (χ1v) is 4.75. The number of carboxylic acid groups (broad SMARTS) is 1. The summed E-state index contributed by atoms with van der Waals surface area (Å²) >= 11 is 0. The Bertz CT molecular complexity index is 370. The fourth-order valence-corrected chi connectivity index (χ4v) is 1.75. The van der Waals surface area contributed by atoms with Crippen molar-refractivity contribution < 1.29 is 9.90 Å². The maximum Gasteiger partial charge on any atom is 0.335 e. The first-order valence-electron chi connectivity index (χ1n) is 4.75. The van der Waals surface area contributed by atoms with Crippen LogP contribution in [0, 0.1) is 6.92 Å². The van der Waals surface area contributed by atoms with Crippen LogP contribution in [0.2, 0.25) is 0 Å². The Kier molecular flexibility index (Phi) is 2.25. The summed E-state index contributed by atoms with van der Waals surface area (Å²) in [6.07, 6.45) is 1.15. The van der Waals surface area contributed by atoms with Crippen molar-refractivity contribution in [1.82, 2.24) is 5.32 Å². The Morgan fingerprint density at radius 2 is 2.29 bits per heavy atom. The molecule has 0 bridgehead atoms. The zero-order valence-electron chi connectivity index (χ0n) is 8.08. The molecule has 1 atom stereocenters. The topological polar surface area (TPSA) is 49.3 Å². The number of nitrogens with one attached hydrogen (secondary N) is 1. The Balaban J connectivity index is 2.30. The molecule has 0 aliphatic carbocycles. The van der Waals surface area contributed by atoms with E-state index in [0.717, 1.165) is 18.5 Å². The summed E-state index contributed by atoms with van der Waals surface area (Å²) in [7, 11) is 0. The summed E-state index contributed by atoms with van der Waals surface area (Å²) in [6, 6.07) is 5.75. The van der Waals surface area contributed by atoms with E-state index in [9.17, 15) is 4.79 Å². The van der Waals surface area contributed by atoms with Gasteiger partial charge in [-0.15, -0.1) is 0 Å². The number of carbonyl (C=O) groups is 1. The van der Waals surface area contributed by atoms with Crippen molar-refractivity contribution in [3.05, 3.63) is 34.9 Å². The molecule has 1 fully saturated rings. The average molecular weight is 191 g/mol. The Hall–Kier alpha value is -1.35. The van der Waals surface area contributed by atoms with Gasteiger partial charge in [-0.05, 0) is 43.1 Å². The highest BCUT2D eigenvalue weighted by Gasteiger charge is 2.20. The second kappa shape index (κ2) is 3.42. The van der Waals surface area contributed by atoms with Gasteiger partial charge >= 0.3 is 5.97 Å². The van der Waals surface area contributed by atoms with E-state index in [1.807, 2.05) is 13.0 Å². The average Bonchev–Trinajstić information content (AvgIpc) is 2.04. The number of rotatable bonds is 2. The summed E-state index contributed by atoms with van der Waals surface area (Å²) < 4.78 is 0. The largest absolute Gasteiger partial charge is 0.478 e. The summed E-state index contributed by atoms with van der Waals surface area (Å²) in [4.78, 5) is 10.7. The van der Waals surface area contributed by atoms with Crippen LogP contribution in [-0.4, -0.2) is 17.6 Å². The molecule has 1 aliphatic heterocycles. The smallest absolute Gasteiger partial charge is 0.335 e. The predicted octanol–water partition coefficient (Wildman–Crippen LogP) is 1.73. The molecule has 0 radical (unpaired) electrons. The molecule has 1 saturated heterocycles. The van der Waals surface area contributed by atoms with E-state index in [4.69, 9.17) is 5.11 Å². The molecule has 3 heteroatoms. The third kappa shape index (κ3) is 1.51. The van der Waals surface area contributed by atoms with Crippen molar-refractivity contribution in [2.45, 2.75) is 19.4 Å². The van der Waals surface area contributed by atoms with Crippen LogP contribution >= 0.6 is 0 Å². The Morgan fingerprint density at radius 3 is 2.71 bits per heavy atom. The Labute approximate surface area is 82.8 Å². The molecular formula is C11H13NO2. The van der Waals surface area contributed by atoms with E-state index in [-0.39, 0.29) is 0 Å². The molecule has 74 valence electrons. The van der Waals surface area contributed by atoms with Gasteiger partial charge in [-0.1, -0.05) is 6.07 Å². The van der Waals surface area contributed by atoms with Gasteiger partial charge in [0.25, 0.3) is 0 Å². The first kappa shape index (κ1) is 9.21. The minimum absolute atomic E-state index is 0.366. The van der Waals surface area contributed by atoms with Gasteiger partial charge in [0.1, 0.15) is 0 Å². The van der Waals surface area contributed by atoms with Gasteiger partial charge in [0.15, 0.2) is 0 Å². The molecule has 0 saturated carbocycles. The number of hydrogen-bond donors (Lipinski definition) is 2. The lowest BCUT2D eigenvalue weighted by Crippen LogP contribution is -2.35. The highest BCUT2D eigenvalue weighted by molar-refractivity contribution is 5.87. The molecule has 3 nitrogen and oxygen atoms in total. The van der Waals surface area contributed by atoms with Crippen LogP contribution < -0.4 is 5.32 Å². The summed E-state index contributed by atoms with van der Waals surface area (Å²) in [6.45, 7) is 3.02. The molecule has 14 heavy (non-hydrogen) atoms. The highest BCUT2D eigenvalue weighted by atomic mass is 16.4. The standard InChI is InChI=1S/C11H13NO2/c1-7-6-8(11(13)14)2-3-9(7)10-4-5-12-10/h2-3,6,10,12H,4-5H2,1H3,(H,13,14)/t10-/m1/s1. The molecule has 2 N–H and O–H groups in total. The van der Waals surface area contributed by atoms with Crippen LogP contribution in [-0.2, 0) is 0 Å². The maximum atomic E-state index is 10.7. The molecular weight excluding hydrogens is 178 g/mol. The summed E-state index contributed by atoms with van der Waals surface area (Å²) in [5, 5.41) is 12.1. The van der Waals surface area contributed by atoms with Crippen LogP contribution in [0.15, 0.2) is 18.2 Å². The number of hydrogen-bond acceptors (Lipinski definition) is 2. The predicted molar refractivity (Wildman–Crippen MR) is 53.5 cm³/mol. The third-order valence-electron chi connectivity index (χ3n) is 2.72. The van der Waals surface area contributed by atoms with Gasteiger partial charge in [-0.3, -0.25) is 0 Å². The van der Waals surface area contributed by atoms with Crippen molar-refractivity contribution in [1.29, 1.82) is 0 Å². The second-order valence-electron chi connectivity index (χ2n) is 3.67. The second-order valence-corrected chi connectivity index (χ2v) is 3.67. The summed E-state index contributed by atoms with van der Waals surface area (Å²) in [5.41, 5.74) is 2.65. The van der Waals surface area contributed by atoms with Crippen molar-refractivity contribution >= 4 is 5.97 Å².